The molecule has 0 N–H and O–H groups in total. The number of amides is 1. The Hall–Kier alpha value is -2.16. The molecule has 3 rings (SSSR count). The van der Waals surface area contributed by atoms with Gasteiger partial charge in [0, 0.05) is 18.3 Å². The van der Waals surface area contributed by atoms with Crippen molar-refractivity contribution in [3.05, 3.63) is 59.4 Å². The molecule has 2 aromatic rings. The summed E-state index contributed by atoms with van der Waals surface area (Å²) in [6.45, 7) is 2.78. The zero-order valence-corrected chi connectivity index (χ0v) is 10.3. The molecule has 18 heavy (non-hydrogen) atoms. The molecule has 90 valence electrons. The van der Waals surface area contributed by atoms with Gasteiger partial charge in [-0.25, -0.2) is 0 Å². The van der Waals surface area contributed by atoms with Gasteiger partial charge < -0.3 is 4.90 Å². The molecule has 1 aliphatic heterocycles. The molecule has 1 aromatic carbocycles. The number of hydrogen-bond acceptors (Lipinski definition) is 2. The predicted molar refractivity (Wildman–Crippen MR) is 70.8 cm³/mol. The van der Waals surface area contributed by atoms with Crippen LogP contribution in [0, 0.1) is 6.92 Å². The van der Waals surface area contributed by atoms with E-state index in [9.17, 15) is 4.79 Å². The highest BCUT2D eigenvalue weighted by Gasteiger charge is 2.25. The molecule has 2 heterocycles. The molecular weight excluding hydrogens is 224 g/mol. The van der Waals surface area contributed by atoms with E-state index in [0.29, 0.717) is 0 Å². The Morgan fingerprint density at radius 3 is 2.94 bits per heavy atom. The van der Waals surface area contributed by atoms with Gasteiger partial charge in [-0.05, 0) is 37.1 Å². The molecule has 1 aliphatic rings. The SMILES string of the molecule is Cc1ccc2c(c1)CCN(c1cccnc1)C2=O. The standard InChI is InChI=1S/C15H14N2O/c1-11-4-5-14-12(9-11)6-8-17(15(14)18)13-3-2-7-16-10-13/h2-5,7,9-10H,6,8H2,1H3. The molecule has 0 spiro atoms. The smallest absolute Gasteiger partial charge is 0.258 e. The predicted octanol–water partition coefficient (Wildman–Crippen LogP) is 2.59. The highest BCUT2D eigenvalue weighted by Crippen LogP contribution is 2.24. The van der Waals surface area contributed by atoms with Crippen molar-refractivity contribution in [1.82, 2.24) is 4.98 Å². The van der Waals surface area contributed by atoms with Crippen molar-refractivity contribution in [3.8, 4) is 0 Å². The van der Waals surface area contributed by atoms with Crippen LogP contribution in [0.2, 0.25) is 0 Å². The van der Waals surface area contributed by atoms with Gasteiger partial charge in [-0.2, -0.15) is 0 Å². The first kappa shape index (κ1) is 11.0. The van der Waals surface area contributed by atoms with Gasteiger partial charge in [-0.3, -0.25) is 9.78 Å². The van der Waals surface area contributed by atoms with Crippen LogP contribution in [0.25, 0.3) is 0 Å². The van der Waals surface area contributed by atoms with Crippen LogP contribution >= 0.6 is 0 Å². The minimum absolute atomic E-state index is 0.0734. The maximum atomic E-state index is 12.4. The molecule has 0 saturated heterocycles. The number of benzene rings is 1. The van der Waals surface area contributed by atoms with Crippen molar-refractivity contribution in [3.63, 3.8) is 0 Å². The van der Waals surface area contributed by atoms with E-state index in [1.54, 1.807) is 17.3 Å². The lowest BCUT2D eigenvalue weighted by molar-refractivity contribution is 0.0980. The summed E-state index contributed by atoms with van der Waals surface area (Å²) in [5.41, 5.74) is 4.04. The third-order valence-corrected chi connectivity index (χ3v) is 3.30. The third-order valence-electron chi connectivity index (χ3n) is 3.30. The van der Waals surface area contributed by atoms with Crippen LogP contribution in [0.3, 0.4) is 0 Å². The van der Waals surface area contributed by atoms with E-state index in [1.165, 1.54) is 5.56 Å². The molecule has 0 fully saturated rings. The van der Waals surface area contributed by atoms with Crippen LogP contribution in [0.4, 0.5) is 5.69 Å². The second-order valence-electron chi connectivity index (χ2n) is 4.58. The highest BCUT2D eigenvalue weighted by molar-refractivity contribution is 6.08. The van der Waals surface area contributed by atoms with Crippen LogP contribution in [-0.4, -0.2) is 17.4 Å². The quantitative estimate of drug-likeness (QED) is 0.765. The van der Waals surface area contributed by atoms with Gasteiger partial charge >= 0.3 is 0 Å². The Bertz CT molecular complexity index is 593. The normalized spacial score (nSPS) is 14.5. The molecule has 0 radical (unpaired) electrons. The molecule has 0 aliphatic carbocycles. The molecule has 1 aromatic heterocycles. The summed E-state index contributed by atoms with van der Waals surface area (Å²) in [4.78, 5) is 18.3. The number of aromatic nitrogens is 1. The number of pyridine rings is 1. The largest absolute Gasteiger partial charge is 0.306 e. The van der Waals surface area contributed by atoms with E-state index in [4.69, 9.17) is 0 Å². The van der Waals surface area contributed by atoms with Crippen LogP contribution in [0.5, 0.6) is 0 Å². The summed E-state index contributed by atoms with van der Waals surface area (Å²) in [6, 6.07) is 9.80. The van der Waals surface area contributed by atoms with Crippen molar-refractivity contribution in [1.29, 1.82) is 0 Å². The number of rotatable bonds is 1. The number of fused-ring (bicyclic) bond motifs is 1. The van der Waals surface area contributed by atoms with Gasteiger partial charge in [-0.15, -0.1) is 0 Å². The zero-order valence-electron chi connectivity index (χ0n) is 10.3. The Labute approximate surface area is 106 Å². The van der Waals surface area contributed by atoms with E-state index < -0.39 is 0 Å². The minimum Gasteiger partial charge on any atom is -0.306 e. The number of hydrogen-bond donors (Lipinski definition) is 0. The first-order chi connectivity index (χ1) is 8.75. The van der Waals surface area contributed by atoms with Gasteiger partial charge in [0.1, 0.15) is 0 Å². The Morgan fingerprint density at radius 1 is 1.28 bits per heavy atom. The third kappa shape index (κ3) is 1.78. The molecule has 0 unspecified atom stereocenters. The first-order valence-electron chi connectivity index (χ1n) is 6.07. The van der Waals surface area contributed by atoms with E-state index >= 15 is 0 Å². The zero-order chi connectivity index (χ0) is 12.5. The molecular formula is C15H14N2O. The van der Waals surface area contributed by atoms with E-state index in [2.05, 4.69) is 18.0 Å². The summed E-state index contributed by atoms with van der Waals surface area (Å²) in [5.74, 6) is 0.0734. The summed E-state index contributed by atoms with van der Waals surface area (Å²) >= 11 is 0. The van der Waals surface area contributed by atoms with Gasteiger partial charge in [0.25, 0.3) is 5.91 Å². The van der Waals surface area contributed by atoms with Gasteiger partial charge in [0.2, 0.25) is 0 Å². The molecule has 0 atom stereocenters. The lowest BCUT2D eigenvalue weighted by Crippen LogP contribution is -2.37. The molecule has 3 heteroatoms. The van der Waals surface area contributed by atoms with Crippen molar-refractivity contribution in [2.45, 2.75) is 13.3 Å². The molecule has 0 saturated carbocycles. The van der Waals surface area contributed by atoms with E-state index in [-0.39, 0.29) is 5.91 Å². The summed E-state index contributed by atoms with van der Waals surface area (Å²) < 4.78 is 0. The fraction of sp³-hybridized carbons (Fsp3) is 0.200. The number of nitrogens with zero attached hydrogens (tertiary/aromatic N) is 2. The highest BCUT2D eigenvalue weighted by atomic mass is 16.2. The topological polar surface area (TPSA) is 33.2 Å². The molecule has 3 nitrogen and oxygen atoms in total. The van der Waals surface area contributed by atoms with Crippen molar-refractivity contribution >= 4 is 11.6 Å². The fourth-order valence-electron chi connectivity index (χ4n) is 2.38. The average Bonchev–Trinajstić information content (AvgIpc) is 2.40. The summed E-state index contributed by atoms with van der Waals surface area (Å²) in [5, 5.41) is 0. The molecule has 0 bridgehead atoms. The lowest BCUT2D eigenvalue weighted by Gasteiger charge is -2.28. The van der Waals surface area contributed by atoms with Crippen LogP contribution in [0.1, 0.15) is 21.5 Å². The van der Waals surface area contributed by atoms with E-state index in [1.807, 2.05) is 24.3 Å². The maximum Gasteiger partial charge on any atom is 0.258 e. The minimum atomic E-state index is 0.0734. The Balaban J connectivity index is 2.00. The monoisotopic (exact) mass is 238 g/mol. The number of anilines is 1. The average molecular weight is 238 g/mol. The van der Waals surface area contributed by atoms with Crippen molar-refractivity contribution in [2.24, 2.45) is 0 Å². The fourth-order valence-corrected chi connectivity index (χ4v) is 2.38. The Kier molecular flexibility index (Phi) is 2.59. The second kappa shape index (κ2) is 4.26. The van der Waals surface area contributed by atoms with Crippen LogP contribution in [-0.2, 0) is 6.42 Å². The number of carbonyl (C=O) groups is 1. The van der Waals surface area contributed by atoms with Crippen LogP contribution < -0.4 is 4.90 Å². The second-order valence-corrected chi connectivity index (χ2v) is 4.58. The lowest BCUT2D eigenvalue weighted by atomic mass is 9.97. The summed E-state index contributed by atoms with van der Waals surface area (Å²) in [6.07, 6.45) is 4.35. The maximum absolute atomic E-state index is 12.4. The van der Waals surface area contributed by atoms with E-state index in [0.717, 1.165) is 29.8 Å². The molecule has 1 amide bonds. The van der Waals surface area contributed by atoms with Gasteiger partial charge in [-0.1, -0.05) is 17.7 Å². The van der Waals surface area contributed by atoms with Crippen molar-refractivity contribution < 1.29 is 4.79 Å². The van der Waals surface area contributed by atoms with Crippen molar-refractivity contribution in [2.75, 3.05) is 11.4 Å². The van der Waals surface area contributed by atoms with Gasteiger partial charge in [0.15, 0.2) is 0 Å². The first-order valence-corrected chi connectivity index (χ1v) is 6.07. The Morgan fingerprint density at radius 2 is 2.17 bits per heavy atom. The number of carbonyl (C=O) groups excluding carboxylic acids is 1. The van der Waals surface area contributed by atoms with Gasteiger partial charge in [0.05, 0.1) is 11.9 Å². The summed E-state index contributed by atoms with van der Waals surface area (Å²) in [7, 11) is 0. The van der Waals surface area contributed by atoms with Crippen LogP contribution in [0.15, 0.2) is 42.7 Å². The number of aryl methyl sites for hydroxylation is 1.